The normalized spacial score (nSPS) is 35.5. The minimum atomic E-state index is -0.774. The van der Waals surface area contributed by atoms with Crippen LogP contribution in [0.3, 0.4) is 0 Å². The number of benzene rings is 1. The second kappa shape index (κ2) is 4.03. The van der Waals surface area contributed by atoms with E-state index in [0.29, 0.717) is 24.0 Å². The molecule has 4 heteroatoms. The van der Waals surface area contributed by atoms with Gasteiger partial charge in [0.1, 0.15) is 0 Å². The zero-order chi connectivity index (χ0) is 12.0. The van der Waals surface area contributed by atoms with Gasteiger partial charge >= 0.3 is 0 Å². The SMILES string of the molecule is NC1CC(N[C@H]2C[C@@H]2c2ccc(F)c(F)c2)C1. The van der Waals surface area contributed by atoms with Crippen LogP contribution in [0.5, 0.6) is 0 Å². The summed E-state index contributed by atoms with van der Waals surface area (Å²) in [5, 5.41) is 3.51. The second-order valence-corrected chi connectivity index (χ2v) is 5.22. The Morgan fingerprint density at radius 2 is 1.88 bits per heavy atom. The van der Waals surface area contributed by atoms with E-state index in [9.17, 15) is 8.78 Å². The molecule has 0 aromatic heterocycles. The van der Waals surface area contributed by atoms with Crippen molar-refractivity contribution in [3.8, 4) is 0 Å². The van der Waals surface area contributed by atoms with Gasteiger partial charge in [0.2, 0.25) is 0 Å². The van der Waals surface area contributed by atoms with Crippen LogP contribution in [-0.2, 0) is 0 Å². The van der Waals surface area contributed by atoms with Crippen LogP contribution in [-0.4, -0.2) is 18.1 Å². The summed E-state index contributed by atoms with van der Waals surface area (Å²) < 4.78 is 25.9. The molecule has 2 aliphatic carbocycles. The zero-order valence-electron chi connectivity index (χ0n) is 9.50. The van der Waals surface area contributed by atoms with Crippen LogP contribution >= 0.6 is 0 Å². The van der Waals surface area contributed by atoms with Crippen molar-refractivity contribution in [3.63, 3.8) is 0 Å². The molecular formula is C13H16F2N2. The fourth-order valence-electron chi connectivity index (χ4n) is 2.59. The maximum atomic E-state index is 13.1. The Labute approximate surface area is 99.2 Å². The molecule has 92 valence electrons. The number of nitrogens with two attached hydrogens (primary N) is 1. The molecule has 3 rings (SSSR count). The van der Waals surface area contributed by atoms with Crippen molar-refractivity contribution in [1.29, 1.82) is 0 Å². The molecular weight excluding hydrogens is 222 g/mol. The summed E-state index contributed by atoms with van der Waals surface area (Å²) in [4.78, 5) is 0. The third kappa shape index (κ3) is 2.19. The molecule has 2 saturated carbocycles. The number of halogens is 2. The Morgan fingerprint density at radius 3 is 2.53 bits per heavy atom. The average Bonchev–Trinajstić information content (AvgIpc) is 2.99. The average molecular weight is 238 g/mol. The van der Waals surface area contributed by atoms with Gasteiger partial charge in [0.05, 0.1) is 0 Å². The van der Waals surface area contributed by atoms with E-state index in [0.717, 1.165) is 24.8 Å². The lowest BCUT2D eigenvalue weighted by molar-refractivity contribution is 0.289. The molecule has 17 heavy (non-hydrogen) atoms. The Balaban J connectivity index is 1.58. The first kappa shape index (κ1) is 11.1. The van der Waals surface area contributed by atoms with Gasteiger partial charge in [-0.1, -0.05) is 6.07 Å². The van der Waals surface area contributed by atoms with Crippen molar-refractivity contribution >= 4 is 0 Å². The highest BCUT2D eigenvalue weighted by Crippen LogP contribution is 2.42. The predicted octanol–water partition coefficient (Wildman–Crippen LogP) is 1.90. The van der Waals surface area contributed by atoms with Gasteiger partial charge in [-0.2, -0.15) is 0 Å². The summed E-state index contributed by atoms with van der Waals surface area (Å²) in [7, 11) is 0. The third-order valence-electron chi connectivity index (χ3n) is 3.79. The van der Waals surface area contributed by atoms with Crippen molar-refractivity contribution in [2.24, 2.45) is 5.73 Å². The van der Waals surface area contributed by atoms with Crippen molar-refractivity contribution in [2.45, 2.75) is 43.3 Å². The maximum absolute atomic E-state index is 13.1. The van der Waals surface area contributed by atoms with Gasteiger partial charge in [0.15, 0.2) is 11.6 Å². The largest absolute Gasteiger partial charge is 0.328 e. The molecule has 2 atom stereocenters. The molecule has 1 aromatic carbocycles. The van der Waals surface area contributed by atoms with Gasteiger partial charge in [-0.3, -0.25) is 0 Å². The van der Waals surface area contributed by atoms with Crippen LogP contribution in [0.25, 0.3) is 0 Å². The molecule has 0 saturated heterocycles. The zero-order valence-corrected chi connectivity index (χ0v) is 9.50. The highest BCUT2D eigenvalue weighted by atomic mass is 19.2. The first-order valence-electron chi connectivity index (χ1n) is 6.10. The van der Waals surface area contributed by atoms with Gasteiger partial charge in [0.25, 0.3) is 0 Å². The molecule has 3 N–H and O–H groups in total. The summed E-state index contributed by atoms with van der Waals surface area (Å²) in [6, 6.07) is 5.47. The number of hydrogen-bond acceptors (Lipinski definition) is 2. The summed E-state index contributed by atoms with van der Waals surface area (Å²) in [6.45, 7) is 0. The lowest BCUT2D eigenvalue weighted by atomic mass is 9.87. The summed E-state index contributed by atoms with van der Waals surface area (Å²) in [5.41, 5.74) is 6.61. The van der Waals surface area contributed by atoms with Gasteiger partial charge in [-0.25, -0.2) is 8.78 Å². The van der Waals surface area contributed by atoms with Crippen LogP contribution in [0.2, 0.25) is 0 Å². The van der Waals surface area contributed by atoms with Crippen molar-refractivity contribution < 1.29 is 8.78 Å². The van der Waals surface area contributed by atoms with E-state index in [4.69, 9.17) is 5.73 Å². The fraction of sp³-hybridized carbons (Fsp3) is 0.538. The van der Waals surface area contributed by atoms with E-state index in [1.807, 2.05) is 0 Å². The van der Waals surface area contributed by atoms with Crippen molar-refractivity contribution in [3.05, 3.63) is 35.4 Å². The third-order valence-corrected chi connectivity index (χ3v) is 3.79. The molecule has 2 aliphatic rings. The minimum absolute atomic E-state index is 0.335. The Bertz CT molecular complexity index is 429. The van der Waals surface area contributed by atoms with Crippen molar-refractivity contribution in [1.82, 2.24) is 5.32 Å². The van der Waals surface area contributed by atoms with Crippen molar-refractivity contribution in [2.75, 3.05) is 0 Å². The lowest BCUT2D eigenvalue weighted by Gasteiger charge is -2.33. The van der Waals surface area contributed by atoms with Gasteiger partial charge in [-0.15, -0.1) is 0 Å². The first-order valence-corrected chi connectivity index (χ1v) is 6.10. The molecule has 0 radical (unpaired) electrons. The summed E-state index contributed by atoms with van der Waals surface area (Å²) in [5.74, 6) is -1.19. The van der Waals surface area contributed by atoms with E-state index in [1.165, 1.54) is 12.1 Å². The second-order valence-electron chi connectivity index (χ2n) is 5.22. The number of nitrogens with one attached hydrogen (secondary N) is 1. The lowest BCUT2D eigenvalue weighted by Crippen LogP contribution is -2.49. The number of rotatable bonds is 3. The molecule has 0 aliphatic heterocycles. The molecule has 0 unspecified atom stereocenters. The first-order chi connectivity index (χ1) is 8.13. The highest BCUT2D eigenvalue weighted by Gasteiger charge is 2.41. The van der Waals surface area contributed by atoms with Crippen LogP contribution in [0.4, 0.5) is 8.78 Å². The fourth-order valence-corrected chi connectivity index (χ4v) is 2.59. The molecule has 0 heterocycles. The monoisotopic (exact) mass is 238 g/mol. The van der Waals surface area contributed by atoms with Gasteiger partial charge < -0.3 is 11.1 Å². The number of hydrogen-bond donors (Lipinski definition) is 2. The van der Waals surface area contributed by atoms with Gasteiger partial charge in [0, 0.05) is 24.0 Å². The molecule has 0 bridgehead atoms. The standard InChI is InChI=1S/C13H16F2N2/c14-11-2-1-7(3-12(11)15)10-6-13(10)17-9-4-8(16)5-9/h1-3,8-10,13,17H,4-6,16H2/t8?,9?,10-,13+/m1/s1. The summed E-state index contributed by atoms with van der Waals surface area (Å²) >= 11 is 0. The van der Waals surface area contributed by atoms with E-state index < -0.39 is 11.6 Å². The van der Waals surface area contributed by atoms with Crippen LogP contribution < -0.4 is 11.1 Å². The van der Waals surface area contributed by atoms with E-state index >= 15 is 0 Å². The smallest absolute Gasteiger partial charge is 0.159 e. The molecule has 2 nitrogen and oxygen atoms in total. The Morgan fingerprint density at radius 1 is 1.12 bits per heavy atom. The quantitative estimate of drug-likeness (QED) is 0.844. The van der Waals surface area contributed by atoms with Gasteiger partial charge in [-0.05, 0) is 37.0 Å². The highest BCUT2D eigenvalue weighted by molar-refractivity contribution is 5.29. The van der Waals surface area contributed by atoms with E-state index in [2.05, 4.69) is 5.32 Å². The molecule has 1 aromatic rings. The van der Waals surface area contributed by atoms with Crippen LogP contribution in [0.15, 0.2) is 18.2 Å². The Kier molecular flexibility index (Phi) is 2.64. The summed E-state index contributed by atoms with van der Waals surface area (Å²) in [6.07, 6.45) is 3.07. The molecule has 0 amide bonds. The van der Waals surface area contributed by atoms with Crippen LogP contribution in [0.1, 0.15) is 30.7 Å². The predicted molar refractivity (Wildman–Crippen MR) is 61.6 cm³/mol. The topological polar surface area (TPSA) is 38.0 Å². The maximum Gasteiger partial charge on any atom is 0.159 e. The van der Waals surface area contributed by atoms with E-state index in [1.54, 1.807) is 6.07 Å². The minimum Gasteiger partial charge on any atom is -0.328 e. The Hall–Kier alpha value is -1.00. The van der Waals surface area contributed by atoms with Crippen LogP contribution in [0, 0.1) is 11.6 Å². The van der Waals surface area contributed by atoms with E-state index in [-0.39, 0.29) is 0 Å². The molecule has 0 spiro atoms. The molecule has 2 fully saturated rings.